The Labute approximate surface area is 133 Å². The summed E-state index contributed by atoms with van der Waals surface area (Å²) in [5.74, 6) is -1.88. The number of amides is 3. The normalized spacial score (nSPS) is 22.9. The third-order valence-corrected chi connectivity index (χ3v) is 3.64. The number of carboxylic acids is 1. The second kappa shape index (κ2) is 5.71. The van der Waals surface area contributed by atoms with Gasteiger partial charge in [0.05, 0.1) is 13.1 Å². The molecule has 9 heteroatoms. The molecular formula is C14H21N3O6. The van der Waals surface area contributed by atoms with E-state index in [2.05, 4.69) is 10.6 Å². The van der Waals surface area contributed by atoms with Crippen LogP contribution >= 0.6 is 0 Å². The molecule has 2 heterocycles. The smallest absolute Gasteiger partial charge is 0.410 e. The van der Waals surface area contributed by atoms with E-state index >= 15 is 0 Å². The van der Waals surface area contributed by atoms with Gasteiger partial charge in [0.25, 0.3) is 0 Å². The van der Waals surface area contributed by atoms with Gasteiger partial charge < -0.3 is 25.4 Å². The van der Waals surface area contributed by atoms with E-state index in [1.54, 1.807) is 20.8 Å². The second-order valence-corrected chi connectivity index (χ2v) is 6.87. The maximum atomic E-state index is 12.2. The first kappa shape index (κ1) is 17.0. The van der Waals surface area contributed by atoms with Crippen LogP contribution in [-0.4, -0.2) is 64.2 Å². The number of carboxylic acid groups (broad SMARTS) is 1. The van der Waals surface area contributed by atoms with Crippen molar-refractivity contribution in [3.8, 4) is 0 Å². The van der Waals surface area contributed by atoms with E-state index < -0.39 is 41.1 Å². The Balaban J connectivity index is 1.92. The van der Waals surface area contributed by atoms with Crippen LogP contribution < -0.4 is 10.6 Å². The summed E-state index contributed by atoms with van der Waals surface area (Å²) in [6.45, 7) is 5.28. The van der Waals surface area contributed by atoms with Crippen LogP contribution in [0.25, 0.3) is 0 Å². The molecule has 2 saturated heterocycles. The minimum Gasteiger partial charge on any atom is -0.481 e. The topological polar surface area (TPSA) is 125 Å². The van der Waals surface area contributed by atoms with Crippen molar-refractivity contribution in [1.82, 2.24) is 15.5 Å². The number of piperazine rings is 1. The Bertz CT molecular complexity index is 547. The molecule has 0 aromatic rings. The molecule has 3 N–H and O–H groups in total. The van der Waals surface area contributed by atoms with Crippen LogP contribution in [0.3, 0.4) is 0 Å². The van der Waals surface area contributed by atoms with E-state index in [0.29, 0.717) is 0 Å². The molecule has 0 aliphatic carbocycles. The number of likely N-dealkylation sites (tertiary alicyclic amines) is 1. The van der Waals surface area contributed by atoms with Crippen LogP contribution in [-0.2, 0) is 19.1 Å². The molecule has 1 atom stereocenters. The first-order valence-corrected chi connectivity index (χ1v) is 7.35. The minimum absolute atomic E-state index is 0.0266. The first-order chi connectivity index (χ1) is 10.5. The molecule has 23 heavy (non-hydrogen) atoms. The zero-order valence-corrected chi connectivity index (χ0v) is 13.3. The molecule has 0 aromatic carbocycles. The lowest BCUT2D eigenvalue weighted by Crippen LogP contribution is -2.82. The zero-order valence-electron chi connectivity index (χ0n) is 13.3. The fourth-order valence-corrected chi connectivity index (χ4v) is 2.50. The van der Waals surface area contributed by atoms with Crippen LogP contribution in [0.15, 0.2) is 0 Å². The molecule has 0 unspecified atom stereocenters. The van der Waals surface area contributed by atoms with Crippen molar-refractivity contribution >= 4 is 23.9 Å². The number of hydrogen-bond donors (Lipinski definition) is 3. The Morgan fingerprint density at radius 1 is 1.35 bits per heavy atom. The highest BCUT2D eigenvalue weighted by atomic mass is 16.6. The molecule has 2 fully saturated rings. The Morgan fingerprint density at radius 3 is 2.48 bits per heavy atom. The molecule has 0 saturated carbocycles. The van der Waals surface area contributed by atoms with Crippen LogP contribution in [0.1, 0.15) is 33.6 Å². The lowest BCUT2D eigenvalue weighted by atomic mass is 9.85. The van der Waals surface area contributed by atoms with Crippen LogP contribution in [0.4, 0.5) is 4.79 Å². The van der Waals surface area contributed by atoms with E-state index in [-0.39, 0.29) is 25.9 Å². The van der Waals surface area contributed by atoms with Gasteiger partial charge in [0, 0.05) is 6.42 Å². The summed E-state index contributed by atoms with van der Waals surface area (Å²) in [7, 11) is 0. The summed E-state index contributed by atoms with van der Waals surface area (Å²) in [4.78, 5) is 48.0. The quantitative estimate of drug-likeness (QED) is 0.639. The van der Waals surface area contributed by atoms with Gasteiger partial charge in [0.15, 0.2) is 5.54 Å². The molecule has 2 aliphatic heterocycles. The summed E-state index contributed by atoms with van der Waals surface area (Å²) >= 11 is 0. The zero-order chi connectivity index (χ0) is 17.4. The number of aliphatic carboxylic acids is 1. The van der Waals surface area contributed by atoms with Gasteiger partial charge in [0.2, 0.25) is 11.8 Å². The van der Waals surface area contributed by atoms with E-state index in [9.17, 15) is 19.2 Å². The largest absolute Gasteiger partial charge is 0.481 e. The lowest BCUT2D eigenvalue weighted by Gasteiger charge is -2.51. The van der Waals surface area contributed by atoms with Crippen molar-refractivity contribution in [2.45, 2.75) is 50.8 Å². The lowest BCUT2D eigenvalue weighted by molar-refractivity contribution is -0.149. The van der Waals surface area contributed by atoms with Crippen molar-refractivity contribution in [3.63, 3.8) is 0 Å². The summed E-state index contributed by atoms with van der Waals surface area (Å²) in [6.07, 6.45) is -0.730. The molecule has 0 bridgehead atoms. The second-order valence-electron chi connectivity index (χ2n) is 6.87. The van der Waals surface area contributed by atoms with Gasteiger partial charge >= 0.3 is 12.1 Å². The minimum atomic E-state index is -1.15. The molecule has 9 nitrogen and oxygen atoms in total. The molecule has 2 rings (SSSR count). The predicted molar refractivity (Wildman–Crippen MR) is 77.5 cm³/mol. The fraction of sp³-hybridized carbons (Fsp3) is 0.714. The number of hydrogen-bond acceptors (Lipinski definition) is 5. The van der Waals surface area contributed by atoms with E-state index in [1.165, 1.54) is 4.90 Å². The molecular weight excluding hydrogens is 306 g/mol. The summed E-state index contributed by atoms with van der Waals surface area (Å²) in [5, 5.41) is 13.8. The van der Waals surface area contributed by atoms with Gasteiger partial charge in [-0.2, -0.15) is 0 Å². The number of ether oxygens (including phenoxy) is 1. The highest BCUT2D eigenvalue weighted by Gasteiger charge is 2.56. The van der Waals surface area contributed by atoms with Crippen LogP contribution in [0, 0.1) is 0 Å². The Kier molecular flexibility index (Phi) is 4.23. The molecule has 0 aromatic heterocycles. The SMILES string of the molecule is CC(C)(C)OC(=O)N1CC2(C1)NC(=O)[C@H](CCC(=O)O)NC2=O. The van der Waals surface area contributed by atoms with Gasteiger partial charge in [-0.05, 0) is 27.2 Å². The molecule has 128 valence electrons. The van der Waals surface area contributed by atoms with Crippen molar-refractivity contribution in [2.24, 2.45) is 0 Å². The summed E-state index contributed by atoms with van der Waals surface area (Å²) < 4.78 is 5.20. The van der Waals surface area contributed by atoms with E-state index in [4.69, 9.17) is 9.84 Å². The standard InChI is InChI=1S/C14H21N3O6/c1-13(2,3)23-12(22)17-6-14(7-17)11(21)15-8(10(20)16-14)4-5-9(18)19/h8H,4-7H2,1-3H3,(H,15,21)(H,16,20)(H,18,19)/t8-/m0/s1. The van der Waals surface area contributed by atoms with E-state index in [0.717, 1.165) is 0 Å². The Morgan fingerprint density at radius 2 is 1.96 bits per heavy atom. The number of nitrogens with one attached hydrogen (secondary N) is 2. The van der Waals surface area contributed by atoms with Crippen molar-refractivity contribution in [1.29, 1.82) is 0 Å². The number of carbonyl (C=O) groups is 4. The van der Waals surface area contributed by atoms with Crippen LogP contribution in [0.5, 0.6) is 0 Å². The van der Waals surface area contributed by atoms with Crippen molar-refractivity contribution in [3.05, 3.63) is 0 Å². The number of carbonyl (C=O) groups excluding carboxylic acids is 3. The third kappa shape index (κ3) is 3.72. The number of nitrogens with zero attached hydrogens (tertiary/aromatic N) is 1. The van der Waals surface area contributed by atoms with Crippen molar-refractivity contribution < 1.29 is 29.0 Å². The van der Waals surface area contributed by atoms with Gasteiger partial charge in [-0.25, -0.2) is 4.79 Å². The fourth-order valence-electron chi connectivity index (χ4n) is 2.50. The van der Waals surface area contributed by atoms with Crippen molar-refractivity contribution in [2.75, 3.05) is 13.1 Å². The molecule has 0 radical (unpaired) electrons. The maximum Gasteiger partial charge on any atom is 0.410 e. The highest BCUT2D eigenvalue weighted by Crippen LogP contribution is 2.26. The molecule has 2 aliphatic rings. The van der Waals surface area contributed by atoms with Crippen LogP contribution in [0.2, 0.25) is 0 Å². The third-order valence-electron chi connectivity index (χ3n) is 3.64. The molecule has 3 amide bonds. The van der Waals surface area contributed by atoms with Gasteiger partial charge in [-0.15, -0.1) is 0 Å². The summed E-state index contributed by atoms with van der Waals surface area (Å²) in [6, 6.07) is -0.861. The highest BCUT2D eigenvalue weighted by molar-refractivity contribution is 6.01. The number of rotatable bonds is 3. The van der Waals surface area contributed by atoms with Gasteiger partial charge in [-0.1, -0.05) is 0 Å². The molecule has 1 spiro atoms. The summed E-state index contributed by atoms with van der Waals surface area (Å²) in [5.41, 5.74) is -1.78. The predicted octanol–water partition coefficient (Wildman–Crippen LogP) is -0.545. The van der Waals surface area contributed by atoms with E-state index in [1.807, 2.05) is 0 Å². The van der Waals surface area contributed by atoms with Gasteiger partial charge in [-0.3, -0.25) is 14.4 Å². The maximum absolute atomic E-state index is 12.2. The first-order valence-electron chi connectivity index (χ1n) is 7.35. The average Bonchev–Trinajstić information content (AvgIpc) is 2.34. The van der Waals surface area contributed by atoms with Gasteiger partial charge in [0.1, 0.15) is 11.6 Å². The monoisotopic (exact) mass is 327 g/mol. The Hall–Kier alpha value is -2.32. The average molecular weight is 327 g/mol.